The second kappa shape index (κ2) is 6.48. The number of pyridine rings is 1. The molecular weight excluding hydrogens is 388 g/mol. The number of hydrogen-bond acceptors (Lipinski definition) is 7. The number of sulfonamides is 1. The molecule has 1 aromatic carbocycles. The van der Waals surface area contributed by atoms with Crippen molar-refractivity contribution >= 4 is 32.6 Å². The topological polar surface area (TPSA) is 91.7 Å². The lowest BCUT2D eigenvalue weighted by molar-refractivity contribution is 0.393. The molecule has 9 heteroatoms. The molecule has 0 N–H and O–H groups in total. The fourth-order valence-corrected chi connectivity index (χ4v) is 5.33. The summed E-state index contributed by atoms with van der Waals surface area (Å²) >= 11 is 0. The molecule has 2 aromatic heterocycles. The van der Waals surface area contributed by atoms with Crippen LogP contribution in [0.2, 0.25) is 0 Å². The van der Waals surface area contributed by atoms with E-state index in [2.05, 4.69) is 24.2 Å². The first-order valence-electron chi connectivity index (χ1n) is 9.44. The van der Waals surface area contributed by atoms with Crippen molar-refractivity contribution < 1.29 is 8.42 Å². The lowest BCUT2D eigenvalue weighted by atomic mass is 10.1. The van der Waals surface area contributed by atoms with Crippen molar-refractivity contribution in [2.45, 2.75) is 24.3 Å². The molecule has 2 aliphatic heterocycles. The number of rotatable bonds is 2. The Kier molecular flexibility index (Phi) is 4.02. The van der Waals surface area contributed by atoms with Gasteiger partial charge < -0.3 is 9.80 Å². The van der Waals surface area contributed by atoms with E-state index in [0.717, 1.165) is 36.2 Å². The van der Waals surface area contributed by atoms with Crippen LogP contribution in [0.15, 0.2) is 52.0 Å². The summed E-state index contributed by atoms with van der Waals surface area (Å²) in [7, 11) is -1.71. The quantitative estimate of drug-likeness (QED) is 0.640. The first-order valence-corrected chi connectivity index (χ1v) is 10.9. The van der Waals surface area contributed by atoms with Crippen LogP contribution >= 0.6 is 0 Å². The first-order chi connectivity index (χ1) is 13.9. The minimum Gasteiger partial charge on any atom is -0.354 e. The highest BCUT2D eigenvalue weighted by atomic mass is 32.2. The minimum absolute atomic E-state index is 0.127. The Morgan fingerprint density at radius 2 is 2.00 bits per heavy atom. The molecule has 0 radical (unpaired) electrons. The maximum absolute atomic E-state index is 12.4. The SMILES string of the molecule is Cc1nc(N2CCC(N(C)C3=NS(=O)(=O)c4ccccc43)C2)c2ccncc2n1. The predicted octanol–water partition coefficient (Wildman–Crippen LogP) is 1.99. The summed E-state index contributed by atoms with van der Waals surface area (Å²) in [5.74, 6) is 2.12. The maximum Gasteiger partial charge on any atom is 0.285 e. The number of hydrogen-bond donors (Lipinski definition) is 0. The smallest absolute Gasteiger partial charge is 0.285 e. The zero-order chi connectivity index (χ0) is 20.2. The second-order valence-electron chi connectivity index (χ2n) is 7.37. The van der Waals surface area contributed by atoms with Gasteiger partial charge in [0.2, 0.25) is 0 Å². The van der Waals surface area contributed by atoms with Crippen molar-refractivity contribution in [1.29, 1.82) is 0 Å². The van der Waals surface area contributed by atoms with Crippen molar-refractivity contribution in [2.24, 2.45) is 4.40 Å². The molecule has 1 unspecified atom stereocenters. The molecule has 3 aromatic rings. The highest BCUT2D eigenvalue weighted by molar-refractivity contribution is 7.90. The van der Waals surface area contributed by atoms with Gasteiger partial charge in [0.05, 0.1) is 11.7 Å². The second-order valence-corrected chi connectivity index (χ2v) is 8.95. The third-order valence-electron chi connectivity index (χ3n) is 5.55. The standard InChI is InChI=1S/C20H20N6O2S/c1-13-22-17-11-21-9-7-15(17)19(23-13)26-10-8-14(12-26)25(2)20-16-5-3-4-6-18(16)29(27,28)24-20/h3-7,9,11,14H,8,10,12H2,1-2H3. The molecule has 2 aliphatic rings. The van der Waals surface area contributed by atoms with Crippen LogP contribution in [0.25, 0.3) is 10.9 Å². The minimum atomic E-state index is -3.62. The lowest BCUT2D eigenvalue weighted by Gasteiger charge is -2.27. The Morgan fingerprint density at radius 1 is 1.17 bits per heavy atom. The first kappa shape index (κ1) is 18.0. The monoisotopic (exact) mass is 408 g/mol. The predicted molar refractivity (Wildman–Crippen MR) is 111 cm³/mol. The Labute approximate surface area is 169 Å². The van der Waals surface area contributed by atoms with E-state index in [1.54, 1.807) is 24.5 Å². The van der Waals surface area contributed by atoms with Gasteiger partial charge in [-0.05, 0) is 31.5 Å². The molecule has 0 aliphatic carbocycles. The van der Waals surface area contributed by atoms with Gasteiger partial charge in [-0.15, -0.1) is 4.40 Å². The van der Waals surface area contributed by atoms with Crippen LogP contribution in [-0.4, -0.2) is 60.3 Å². The van der Waals surface area contributed by atoms with Crippen LogP contribution in [0.1, 0.15) is 17.8 Å². The Bertz CT molecular complexity index is 1260. The zero-order valence-electron chi connectivity index (χ0n) is 16.1. The van der Waals surface area contributed by atoms with Gasteiger partial charge in [-0.1, -0.05) is 12.1 Å². The summed E-state index contributed by atoms with van der Waals surface area (Å²) in [4.78, 5) is 17.8. The molecule has 0 spiro atoms. The van der Waals surface area contributed by atoms with Gasteiger partial charge in [-0.2, -0.15) is 8.42 Å². The van der Waals surface area contributed by atoms with Gasteiger partial charge >= 0.3 is 0 Å². The third kappa shape index (κ3) is 2.93. The summed E-state index contributed by atoms with van der Waals surface area (Å²) in [6.07, 6.45) is 4.38. The average Bonchev–Trinajstić information content (AvgIpc) is 3.30. The maximum atomic E-state index is 12.4. The summed E-state index contributed by atoms with van der Waals surface area (Å²) < 4.78 is 28.9. The number of fused-ring (bicyclic) bond motifs is 2. The average molecular weight is 408 g/mol. The number of benzene rings is 1. The van der Waals surface area contributed by atoms with Crippen molar-refractivity contribution in [3.05, 3.63) is 54.1 Å². The molecule has 1 atom stereocenters. The van der Waals surface area contributed by atoms with Crippen LogP contribution in [0.4, 0.5) is 5.82 Å². The summed E-state index contributed by atoms with van der Waals surface area (Å²) in [6, 6.07) is 9.06. The Morgan fingerprint density at radius 3 is 2.86 bits per heavy atom. The van der Waals surface area contributed by atoms with E-state index in [0.29, 0.717) is 17.2 Å². The molecule has 29 heavy (non-hydrogen) atoms. The van der Waals surface area contributed by atoms with Crippen LogP contribution in [-0.2, 0) is 10.0 Å². The fraction of sp³-hybridized carbons (Fsp3) is 0.300. The summed E-state index contributed by atoms with van der Waals surface area (Å²) in [5, 5.41) is 0.972. The molecule has 4 heterocycles. The molecule has 148 valence electrons. The van der Waals surface area contributed by atoms with Crippen molar-refractivity contribution in [1.82, 2.24) is 19.9 Å². The highest BCUT2D eigenvalue weighted by Gasteiger charge is 2.35. The van der Waals surface area contributed by atoms with E-state index in [9.17, 15) is 8.42 Å². The van der Waals surface area contributed by atoms with Crippen molar-refractivity contribution in [2.75, 3.05) is 25.0 Å². The van der Waals surface area contributed by atoms with Gasteiger partial charge in [0, 0.05) is 43.3 Å². The number of aryl methyl sites for hydroxylation is 1. The Hall–Kier alpha value is -3.07. The highest BCUT2D eigenvalue weighted by Crippen LogP contribution is 2.31. The number of nitrogens with zero attached hydrogens (tertiary/aromatic N) is 6. The number of aromatic nitrogens is 3. The molecule has 1 saturated heterocycles. The van der Waals surface area contributed by atoms with Crippen LogP contribution in [0, 0.1) is 6.92 Å². The van der Waals surface area contributed by atoms with Crippen molar-refractivity contribution in [3.63, 3.8) is 0 Å². The van der Waals surface area contributed by atoms with Crippen LogP contribution in [0.3, 0.4) is 0 Å². The normalized spacial score (nSPS) is 20.0. The number of amidine groups is 1. The van der Waals surface area contributed by atoms with E-state index in [4.69, 9.17) is 0 Å². The van der Waals surface area contributed by atoms with Gasteiger partial charge in [-0.3, -0.25) is 4.98 Å². The van der Waals surface area contributed by atoms with Gasteiger partial charge in [0.1, 0.15) is 16.5 Å². The molecule has 8 nitrogen and oxygen atoms in total. The summed E-state index contributed by atoms with van der Waals surface area (Å²) in [5.41, 5.74) is 1.50. The van der Waals surface area contributed by atoms with Crippen molar-refractivity contribution in [3.8, 4) is 0 Å². The van der Waals surface area contributed by atoms with E-state index in [1.807, 2.05) is 37.1 Å². The lowest BCUT2D eigenvalue weighted by Crippen LogP contribution is -2.39. The Balaban J connectivity index is 1.45. The van der Waals surface area contributed by atoms with E-state index in [1.165, 1.54) is 0 Å². The van der Waals surface area contributed by atoms with Gasteiger partial charge in [0.15, 0.2) is 5.84 Å². The van der Waals surface area contributed by atoms with Crippen LogP contribution in [0.5, 0.6) is 0 Å². The summed E-state index contributed by atoms with van der Waals surface area (Å²) in [6.45, 7) is 3.43. The molecule has 5 rings (SSSR count). The third-order valence-corrected chi connectivity index (χ3v) is 6.87. The largest absolute Gasteiger partial charge is 0.354 e. The van der Waals surface area contributed by atoms with Gasteiger partial charge in [-0.25, -0.2) is 9.97 Å². The molecule has 1 fully saturated rings. The molecule has 0 amide bonds. The van der Waals surface area contributed by atoms with Gasteiger partial charge in [0.25, 0.3) is 10.0 Å². The van der Waals surface area contributed by atoms with E-state index >= 15 is 0 Å². The fourth-order valence-electron chi connectivity index (χ4n) is 4.08. The van der Waals surface area contributed by atoms with E-state index in [-0.39, 0.29) is 10.9 Å². The molecule has 0 bridgehead atoms. The number of likely N-dealkylation sites (N-methyl/N-ethyl adjacent to an activating group) is 1. The molecule has 0 saturated carbocycles. The zero-order valence-corrected chi connectivity index (χ0v) is 17.0. The molecular formula is C20H20N6O2S. The van der Waals surface area contributed by atoms with E-state index < -0.39 is 10.0 Å². The van der Waals surface area contributed by atoms with Crippen LogP contribution < -0.4 is 4.90 Å². The number of anilines is 1.